The van der Waals surface area contributed by atoms with Crippen molar-refractivity contribution in [3.8, 4) is 0 Å². The number of hydrogen-bond donors (Lipinski definition) is 1. The Kier molecular flexibility index (Phi) is 7.85. The summed E-state index contributed by atoms with van der Waals surface area (Å²) in [6, 6.07) is 0. The summed E-state index contributed by atoms with van der Waals surface area (Å²) in [5.41, 5.74) is 0. The number of rotatable bonds is 10. The summed E-state index contributed by atoms with van der Waals surface area (Å²) in [6.45, 7) is 1.44. The van der Waals surface area contributed by atoms with Crippen LogP contribution in [0.5, 0.6) is 0 Å². The summed E-state index contributed by atoms with van der Waals surface area (Å²) in [5, 5.41) is 9.08. The van der Waals surface area contributed by atoms with E-state index in [1.807, 2.05) is 0 Å². The maximum absolute atomic E-state index is 13.4. The van der Waals surface area contributed by atoms with E-state index in [0.29, 0.717) is 11.8 Å². The molecule has 1 N–H and O–H groups in total. The first-order chi connectivity index (χ1) is 11.7. The molecule has 0 aliphatic carbocycles. The van der Waals surface area contributed by atoms with Crippen molar-refractivity contribution in [1.29, 1.82) is 0 Å². The van der Waals surface area contributed by atoms with E-state index in [1.165, 1.54) is 6.92 Å². The fraction of sp³-hybridized carbons (Fsp3) is 1.00. The Hall–Kier alpha value is -0.600. The second-order valence-corrected chi connectivity index (χ2v) is 6.54. The molecule has 1 atom stereocenters. The summed E-state index contributed by atoms with van der Waals surface area (Å²) in [7, 11) is 0. The number of thioether (sulfide) groups is 1. The smallest absolute Gasteiger partial charge is 0.392 e. The number of aliphatic hydroxyl groups excluding tert-OH is 1. The van der Waals surface area contributed by atoms with E-state index in [9.17, 15) is 57.1 Å². The van der Waals surface area contributed by atoms with Gasteiger partial charge in [-0.05, 0) is 12.2 Å². The topological polar surface area (TPSA) is 20.2 Å². The Morgan fingerprint density at radius 1 is 0.704 bits per heavy atom. The fourth-order valence-corrected chi connectivity index (χ4v) is 2.57. The highest BCUT2D eigenvalue weighted by Gasteiger charge is 2.90. The summed E-state index contributed by atoms with van der Waals surface area (Å²) in [6.07, 6.45) is -10.6. The average molecular weight is 452 g/mol. The van der Waals surface area contributed by atoms with E-state index in [0.717, 1.165) is 0 Å². The molecule has 0 radical (unpaired) electrons. The predicted molar refractivity (Wildman–Crippen MR) is 69.0 cm³/mol. The lowest BCUT2D eigenvalue weighted by Gasteiger charge is -2.39. The van der Waals surface area contributed by atoms with Crippen LogP contribution in [0.25, 0.3) is 0 Å². The summed E-state index contributed by atoms with van der Waals surface area (Å²) >= 11 is 0.333. The minimum absolute atomic E-state index is 0.108. The van der Waals surface area contributed by atoms with Gasteiger partial charge in [0.1, 0.15) is 0 Å². The highest BCUT2D eigenvalue weighted by atomic mass is 32.2. The third kappa shape index (κ3) is 4.70. The molecule has 0 spiro atoms. The van der Waals surface area contributed by atoms with Crippen LogP contribution in [0.4, 0.5) is 57.1 Å². The van der Waals surface area contributed by atoms with Gasteiger partial charge in [0.25, 0.3) is 0 Å². The zero-order valence-corrected chi connectivity index (χ0v) is 14.0. The minimum Gasteiger partial charge on any atom is -0.392 e. The first-order valence-electron chi connectivity index (χ1n) is 6.92. The molecule has 0 bridgehead atoms. The number of halogens is 13. The predicted octanol–water partition coefficient (Wildman–Crippen LogP) is 5.62. The van der Waals surface area contributed by atoms with Crippen molar-refractivity contribution >= 4 is 11.8 Å². The van der Waals surface area contributed by atoms with Crippen molar-refractivity contribution < 1.29 is 62.2 Å². The summed E-state index contributed by atoms with van der Waals surface area (Å²) in [5.74, 6) is -38.0. The van der Waals surface area contributed by atoms with Crippen molar-refractivity contribution in [2.24, 2.45) is 0 Å². The molecule has 0 heterocycles. The second kappa shape index (κ2) is 8.03. The van der Waals surface area contributed by atoms with Crippen LogP contribution in [-0.2, 0) is 0 Å². The third-order valence-electron chi connectivity index (χ3n) is 3.34. The molecule has 0 aromatic rings. The van der Waals surface area contributed by atoms with Crippen LogP contribution in [0, 0.1) is 0 Å². The minimum atomic E-state index is -7.86. The van der Waals surface area contributed by atoms with Crippen molar-refractivity contribution in [3.05, 3.63) is 0 Å². The molecular weight excluding hydrogens is 439 g/mol. The lowest BCUT2D eigenvalue weighted by molar-refractivity contribution is -0.439. The van der Waals surface area contributed by atoms with Crippen molar-refractivity contribution in [3.63, 3.8) is 0 Å². The molecule has 1 unspecified atom stereocenters. The van der Waals surface area contributed by atoms with E-state index >= 15 is 0 Å². The van der Waals surface area contributed by atoms with Gasteiger partial charge in [-0.15, -0.1) is 0 Å². The van der Waals surface area contributed by atoms with Crippen LogP contribution in [0.2, 0.25) is 0 Å². The van der Waals surface area contributed by atoms with E-state index in [4.69, 9.17) is 5.11 Å². The highest BCUT2D eigenvalue weighted by Crippen LogP contribution is 2.60. The number of alkyl halides is 13. The van der Waals surface area contributed by atoms with Gasteiger partial charge in [0, 0.05) is 12.2 Å². The number of hydrogen-bond acceptors (Lipinski definition) is 2. The molecule has 15 heteroatoms. The molecule has 0 aliphatic rings. The van der Waals surface area contributed by atoms with Crippen LogP contribution < -0.4 is 0 Å². The molecule has 27 heavy (non-hydrogen) atoms. The Morgan fingerprint density at radius 3 is 1.48 bits per heavy atom. The Morgan fingerprint density at radius 2 is 1.11 bits per heavy atom. The van der Waals surface area contributed by atoms with Gasteiger partial charge in [0.2, 0.25) is 0 Å². The Balaban J connectivity index is 5.62. The standard InChI is InChI=1S/C12H13F13OS/c1-2-6(26)5-27-4-3-7(13,14)8(15,16)9(17,18)10(19,20)11(21,22)12(23,24)25/h6,26H,2-5H2,1H3. The molecule has 164 valence electrons. The molecule has 0 rings (SSSR count). The fourth-order valence-electron chi connectivity index (χ4n) is 1.50. The zero-order chi connectivity index (χ0) is 22.1. The van der Waals surface area contributed by atoms with Gasteiger partial charge in [-0.1, -0.05) is 6.92 Å². The van der Waals surface area contributed by atoms with Gasteiger partial charge in [-0.25, -0.2) is 0 Å². The van der Waals surface area contributed by atoms with Gasteiger partial charge in [0.05, 0.1) is 6.10 Å². The molecule has 1 nitrogen and oxygen atoms in total. The monoisotopic (exact) mass is 452 g/mol. The molecule has 0 aliphatic heterocycles. The quantitative estimate of drug-likeness (QED) is 0.343. The van der Waals surface area contributed by atoms with Gasteiger partial charge in [-0.2, -0.15) is 68.8 Å². The average Bonchev–Trinajstić information content (AvgIpc) is 2.49. The molecule has 0 amide bonds. The number of aliphatic hydroxyl groups is 1. The van der Waals surface area contributed by atoms with Gasteiger partial charge in [-0.3, -0.25) is 0 Å². The van der Waals surface area contributed by atoms with Gasteiger partial charge < -0.3 is 5.11 Å². The van der Waals surface area contributed by atoms with E-state index < -0.39 is 54.1 Å². The van der Waals surface area contributed by atoms with Crippen molar-refractivity contribution in [2.75, 3.05) is 11.5 Å². The first kappa shape index (κ1) is 26.4. The lowest BCUT2D eigenvalue weighted by atomic mass is 9.93. The third-order valence-corrected chi connectivity index (χ3v) is 4.45. The van der Waals surface area contributed by atoms with E-state index in [-0.39, 0.29) is 12.2 Å². The summed E-state index contributed by atoms with van der Waals surface area (Å²) in [4.78, 5) is 0. The zero-order valence-electron chi connectivity index (χ0n) is 13.2. The SMILES string of the molecule is CCC(O)CSCCC(F)(F)C(F)(F)C(F)(F)C(F)(F)C(F)(F)C(F)(F)F. The molecular formula is C12H13F13OS. The van der Waals surface area contributed by atoms with Crippen LogP contribution in [0.3, 0.4) is 0 Å². The molecule has 0 saturated carbocycles. The first-order valence-corrected chi connectivity index (χ1v) is 8.07. The van der Waals surface area contributed by atoms with Crippen LogP contribution >= 0.6 is 11.8 Å². The Labute approximate surface area is 148 Å². The summed E-state index contributed by atoms with van der Waals surface area (Å²) < 4.78 is 166. The lowest BCUT2D eigenvalue weighted by Crippen LogP contribution is -2.70. The van der Waals surface area contributed by atoms with Gasteiger partial charge >= 0.3 is 35.8 Å². The van der Waals surface area contributed by atoms with E-state index in [2.05, 4.69) is 0 Å². The highest BCUT2D eigenvalue weighted by molar-refractivity contribution is 7.99. The largest absolute Gasteiger partial charge is 0.460 e. The maximum Gasteiger partial charge on any atom is 0.460 e. The molecule has 0 aromatic carbocycles. The normalized spacial score (nSPS) is 16.6. The second-order valence-electron chi connectivity index (χ2n) is 5.39. The van der Waals surface area contributed by atoms with Crippen LogP contribution in [-0.4, -0.2) is 58.5 Å². The van der Waals surface area contributed by atoms with Crippen molar-refractivity contribution in [1.82, 2.24) is 0 Å². The maximum atomic E-state index is 13.4. The molecule has 0 saturated heterocycles. The Bertz CT molecular complexity index is 488. The van der Waals surface area contributed by atoms with Gasteiger partial charge in [0.15, 0.2) is 0 Å². The van der Waals surface area contributed by atoms with E-state index in [1.54, 1.807) is 0 Å². The van der Waals surface area contributed by atoms with Crippen molar-refractivity contribution in [2.45, 2.75) is 61.7 Å². The molecule has 0 aromatic heterocycles. The van der Waals surface area contributed by atoms with Crippen LogP contribution in [0.15, 0.2) is 0 Å². The van der Waals surface area contributed by atoms with Crippen LogP contribution in [0.1, 0.15) is 19.8 Å². The molecule has 0 fully saturated rings.